The van der Waals surface area contributed by atoms with Crippen molar-refractivity contribution in [1.29, 1.82) is 0 Å². The van der Waals surface area contributed by atoms with Gasteiger partial charge in [0.15, 0.2) is 5.82 Å². The third kappa shape index (κ3) is 4.45. The fraction of sp³-hybridized carbons (Fsp3) is 0.0323. The van der Waals surface area contributed by atoms with Gasteiger partial charge in [-0.05, 0) is 47.0 Å². The summed E-state index contributed by atoms with van der Waals surface area (Å²) in [5.41, 5.74) is 8.53. The Balaban J connectivity index is 1.21. The molecule has 0 radical (unpaired) electrons. The summed E-state index contributed by atoms with van der Waals surface area (Å²) in [5, 5.41) is 11.6. The minimum atomic E-state index is -0.0942. The van der Waals surface area contributed by atoms with E-state index in [1.165, 1.54) is 0 Å². The van der Waals surface area contributed by atoms with E-state index in [0.29, 0.717) is 23.6 Å². The van der Waals surface area contributed by atoms with E-state index >= 15 is 0 Å². The van der Waals surface area contributed by atoms with E-state index in [1.807, 2.05) is 66.9 Å². The maximum Gasteiger partial charge on any atom is 0.228 e. The molecule has 0 aliphatic carbocycles. The van der Waals surface area contributed by atoms with Crippen LogP contribution in [0, 0.1) is 0 Å². The first-order valence-electron chi connectivity index (χ1n) is 12.7. The first kappa shape index (κ1) is 23.4. The number of pyridine rings is 3. The predicted molar refractivity (Wildman–Crippen MR) is 154 cm³/mol. The summed E-state index contributed by atoms with van der Waals surface area (Å²) in [6.45, 7) is 0. The van der Waals surface area contributed by atoms with Crippen molar-refractivity contribution in [3.63, 3.8) is 0 Å². The fourth-order valence-electron chi connectivity index (χ4n) is 4.81. The lowest BCUT2D eigenvalue weighted by molar-refractivity contribution is -0.115. The van der Waals surface area contributed by atoms with Crippen LogP contribution in [0.15, 0.2) is 104 Å². The van der Waals surface area contributed by atoms with Gasteiger partial charge in [-0.1, -0.05) is 36.4 Å². The second kappa shape index (κ2) is 9.88. The molecular formula is C31H22N8O. The number of fused-ring (bicyclic) bond motifs is 2. The summed E-state index contributed by atoms with van der Waals surface area (Å²) >= 11 is 0. The molecule has 0 unspecified atom stereocenters. The highest BCUT2D eigenvalue weighted by Crippen LogP contribution is 2.33. The molecule has 0 aliphatic rings. The van der Waals surface area contributed by atoms with Gasteiger partial charge in [0, 0.05) is 41.3 Å². The highest BCUT2D eigenvalue weighted by molar-refractivity contribution is 5.98. The van der Waals surface area contributed by atoms with Crippen LogP contribution < -0.4 is 5.32 Å². The third-order valence-corrected chi connectivity index (χ3v) is 6.74. The number of H-pyrrole nitrogens is 2. The second-order valence-electron chi connectivity index (χ2n) is 9.41. The van der Waals surface area contributed by atoms with Gasteiger partial charge in [-0.15, -0.1) is 0 Å². The lowest BCUT2D eigenvalue weighted by atomic mass is 10.0. The maximum atomic E-state index is 12.6. The van der Waals surface area contributed by atoms with Crippen LogP contribution >= 0.6 is 0 Å². The minimum absolute atomic E-state index is 0.0942. The van der Waals surface area contributed by atoms with Gasteiger partial charge in [-0.3, -0.25) is 24.8 Å². The van der Waals surface area contributed by atoms with Crippen LogP contribution in [0.25, 0.3) is 55.7 Å². The van der Waals surface area contributed by atoms with E-state index < -0.39 is 0 Å². The monoisotopic (exact) mass is 522 g/mol. The Morgan fingerprint density at radius 1 is 0.775 bits per heavy atom. The molecule has 5 aromatic heterocycles. The second-order valence-corrected chi connectivity index (χ2v) is 9.41. The summed E-state index contributed by atoms with van der Waals surface area (Å²) in [7, 11) is 0. The molecule has 0 saturated carbocycles. The number of benzene rings is 2. The predicted octanol–water partition coefficient (Wildman–Crippen LogP) is 5.81. The molecular weight excluding hydrogens is 500 g/mol. The molecule has 2 aromatic carbocycles. The van der Waals surface area contributed by atoms with E-state index in [1.54, 1.807) is 31.0 Å². The Labute approximate surface area is 228 Å². The van der Waals surface area contributed by atoms with Crippen molar-refractivity contribution < 1.29 is 4.79 Å². The summed E-state index contributed by atoms with van der Waals surface area (Å²) in [6.07, 6.45) is 10.8. The SMILES string of the molecule is O=C(Cc1ccccc1)Nc1cncc(-c2ccc3[nH]nc(-c4nc5c(-c6ccncc6)cncc5[nH]4)c3c2)c1. The van der Waals surface area contributed by atoms with Crippen molar-refractivity contribution in [1.82, 2.24) is 35.1 Å². The van der Waals surface area contributed by atoms with Gasteiger partial charge in [0.05, 0.1) is 41.1 Å². The lowest BCUT2D eigenvalue weighted by Crippen LogP contribution is -2.14. The topological polar surface area (TPSA) is 125 Å². The van der Waals surface area contributed by atoms with Gasteiger partial charge in [-0.2, -0.15) is 5.10 Å². The van der Waals surface area contributed by atoms with Crippen molar-refractivity contribution >= 4 is 33.5 Å². The minimum Gasteiger partial charge on any atom is -0.335 e. The Kier molecular flexibility index (Phi) is 5.78. The van der Waals surface area contributed by atoms with Gasteiger partial charge >= 0.3 is 0 Å². The number of nitrogens with zero attached hydrogens (tertiary/aromatic N) is 5. The van der Waals surface area contributed by atoms with Crippen LogP contribution in [0.3, 0.4) is 0 Å². The average Bonchev–Trinajstić information content (AvgIpc) is 3.62. The number of rotatable bonds is 6. The molecule has 40 heavy (non-hydrogen) atoms. The van der Waals surface area contributed by atoms with E-state index in [4.69, 9.17) is 4.98 Å². The first-order chi connectivity index (χ1) is 19.7. The summed E-state index contributed by atoms with van der Waals surface area (Å²) in [4.78, 5) is 33.8. The molecule has 0 bridgehead atoms. The van der Waals surface area contributed by atoms with Crippen LogP contribution in [-0.4, -0.2) is 41.0 Å². The molecule has 5 heterocycles. The number of hydrogen-bond donors (Lipinski definition) is 3. The van der Waals surface area contributed by atoms with Crippen molar-refractivity contribution in [2.24, 2.45) is 0 Å². The van der Waals surface area contributed by atoms with Crippen LogP contribution in [0.5, 0.6) is 0 Å². The van der Waals surface area contributed by atoms with Gasteiger partial charge in [0.25, 0.3) is 0 Å². The van der Waals surface area contributed by atoms with Gasteiger partial charge in [-0.25, -0.2) is 4.98 Å². The van der Waals surface area contributed by atoms with E-state index in [0.717, 1.165) is 49.8 Å². The van der Waals surface area contributed by atoms with Crippen LogP contribution in [0.1, 0.15) is 5.56 Å². The largest absolute Gasteiger partial charge is 0.335 e. The number of amides is 1. The molecule has 192 valence electrons. The number of carbonyl (C=O) groups is 1. The molecule has 9 heteroatoms. The number of aromatic nitrogens is 7. The molecule has 7 rings (SSSR count). The van der Waals surface area contributed by atoms with Gasteiger partial charge in [0.1, 0.15) is 5.69 Å². The summed E-state index contributed by atoms with van der Waals surface area (Å²) < 4.78 is 0. The number of nitrogens with one attached hydrogen (secondary N) is 3. The van der Waals surface area contributed by atoms with E-state index in [2.05, 4.69) is 41.5 Å². The first-order valence-corrected chi connectivity index (χ1v) is 12.7. The van der Waals surface area contributed by atoms with E-state index in [9.17, 15) is 4.79 Å². The molecule has 7 aromatic rings. The Morgan fingerprint density at radius 2 is 1.62 bits per heavy atom. The van der Waals surface area contributed by atoms with Crippen LogP contribution in [-0.2, 0) is 11.2 Å². The molecule has 0 fully saturated rings. The number of imidazole rings is 1. The number of hydrogen-bond acceptors (Lipinski definition) is 6. The third-order valence-electron chi connectivity index (χ3n) is 6.74. The zero-order chi connectivity index (χ0) is 26.9. The Hall–Kier alpha value is -5.70. The maximum absolute atomic E-state index is 12.6. The normalized spacial score (nSPS) is 11.2. The van der Waals surface area contributed by atoms with Gasteiger partial charge in [0.2, 0.25) is 5.91 Å². The van der Waals surface area contributed by atoms with Crippen molar-refractivity contribution in [3.8, 4) is 33.8 Å². The quantitative estimate of drug-likeness (QED) is 0.253. The average molecular weight is 523 g/mol. The lowest BCUT2D eigenvalue weighted by Gasteiger charge is -2.08. The van der Waals surface area contributed by atoms with Crippen molar-refractivity contribution in [2.45, 2.75) is 6.42 Å². The highest BCUT2D eigenvalue weighted by atomic mass is 16.1. The van der Waals surface area contributed by atoms with Crippen LogP contribution in [0.4, 0.5) is 5.69 Å². The summed E-state index contributed by atoms with van der Waals surface area (Å²) in [6, 6.07) is 21.5. The number of anilines is 1. The van der Waals surface area contributed by atoms with E-state index in [-0.39, 0.29) is 5.91 Å². The zero-order valence-electron chi connectivity index (χ0n) is 21.2. The van der Waals surface area contributed by atoms with Crippen molar-refractivity contribution in [2.75, 3.05) is 5.32 Å². The number of aromatic amines is 2. The molecule has 1 amide bonds. The van der Waals surface area contributed by atoms with Crippen LogP contribution in [0.2, 0.25) is 0 Å². The fourth-order valence-corrected chi connectivity index (χ4v) is 4.81. The van der Waals surface area contributed by atoms with Gasteiger partial charge < -0.3 is 10.3 Å². The molecule has 9 nitrogen and oxygen atoms in total. The molecule has 0 saturated heterocycles. The smallest absolute Gasteiger partial charge is 0.228 e. The Bertz CT molecular complexity index is 1980. The Morgan fingerprint density at radius 3 is 2.50 bits per heavy atom. The number of carbonyl (C=O) groups excluding carboxylic acids is 1. The zero-order valence-corrected chi connectivity index (χ0v) is 21.2. The highest BCUT2D eigenvalue weighted by Gasteiger charge is 2.16. The molecule has 0 spiro atoms. The summed E-state index contributed by atoms with van der Waals surface area (Å²) in [5.74, 6) is 0.546. The molecule has 0 atom stereocenters. The molecule has 0 aliphatic heterocycles. The molecule has 3 N–H and O–H groups in total. The van der Waals surface area contributed by atoms with Crippen molar-refractivity contribution in [3.05, 3.63) is 109 Å². The standard InChI is InChI=1S/C31H22N8O/c40-28(12-19-4-2-1-3-5-19)35-23-13-22(15-33-16-23)21-6-7-26-24(14-21)30(39-38-26)31-36-27-18-34-17-25(29(27)37-31)20-8-10-32-11-9-20/h1-11,13-18H,12H2,(H,35,40)(H,36,37)(H,38,39).